The van der Waals surface area contributed by atoms with Crippen molar-refractivity contribution in [2.75, 3.05) is 26.7 Å². The molecule has 1 aromatic carbocycles. The third-order valence-electron chi connectivity index (χ3n) is 3.91. The molecule has 5 heteroatoms. The fourth-order valence-electron chi connectivity index (χ4n) is 2.71. The van der Waals surface area contributed by atoms with Crippen molar-refractivity contribution in [1.82, 2.24) is 15.5 Å². The van der Waals surface area contributed by atoms with Crippen LogP contribution in [0.2, 0.25) is 0 Å². The highest BCUT2D eigenvalue weighted by molar-refractivity contribution is 14.0. The van der Waals surface area contributed by atoms with Crippen molar-refractivity contribution < 1.29 is 0 Å². The number of likely N-dealkylation sites (tertiary alicyclic amines) is 1. The number of rotatable bonds is 5. The molecule has 0 amide bonds. The molecule has 22 heavy (non-hydrogen) atoms. The monoisotopic (exact) mass is 416 g/mol. The summed E-state index contributed by atoms with van der Waals surface area (Å²) in [5.41, 5.74) is 2.70. The summed E-state index contributed by atoms with van der Waals surface area (Å²) in [6, 6.07) is 8.93. The Labute approximate surface area is 151 Å². The molecule has 0 saturated carbocycles. The number of nitrogens with zero attached hydrogens (tertiary/aromatic N) is 2. The van der Waals surface area contributed by atoms with Gasteiger partial charge < -0.3 is 10.6 Å². The fraction of sp³-hybridized carbons (Fsp3) is 0.588. The summed E-state index contributed by atoms with van der Waals surface area (Å²) in [7, 11) is 1.80. The quantitative estimate of drug-likeness (QED) is 0.441. The molecular weight excluding hydrogens is 387 g/mol. The molecule has 2 N–H and O–H groups in total. The SMILES string of the molecule is CCNC(=NC)NCc1ccc(CN2CCCCC2)cc1.I. The second-order valence-corrected chi connectivity index (χ2v) is 5.61. The Kier molecular flexibility index (Phi) is 9.47. The Bertz CT molecular complexity index is 438. The predicted molar refractivity (Wildman–Crippen MR) is 105 cm³/mol. The molecule has 1 heterocycles. The van der Waals surface area contributed by atoms with E-state index in [4.69, 9.17) is 0 Å². The summed E-state index contributed by atoms with van der Waals surface area (Å²) in [5, 5.41) is 6.52. The molecule has 124 valence electrons. The van der Waals surface area contributed by atoms with E-state index in [0.29, 0.717) is 0 Å². The lowest BCUT2D eigenvalue weighted by molar-refractivity contribution is 0.221. The molecule has 0 aromatic heterocycles. The Hall–Kier alpha value is -0.820. The van der Waals surface area contributed by atoms with Crippen LogP contribution in [0, 0.1) is 0 Å². The van der Waals surface area contributed by atoms with Gasteiger partial charge in [0.2, 0.25) is 0 Å². The van der Waals surface area contributed by atoms with E-state index < -0.39 is 0 Å². The van der Waals surface area contributed by atoms with Gasteiger partial charge in [-0.25, -0.2) is 0 Å². The highest BCUT2D eigenvalue weighted by atomic mass is 127. The molecule has 1 fully saturated rings. The maximum atomic E-state index is 4.18. The number of nitrogens with one attached hydrogen (secondary N) is 2. The normalized spacial score (nSPS) is 16.0. The van der Waals surface area contributed by atoms with E-state index in [1.165, 1.54) is 43.5 Å². The molecule has 1 aromatic rings. The first-order valence-electron chi connectivity index (χ1n) is 8.06. The van der Waals surface area contributed by atoms with E-state index in [9.17, 15) is 0 Å². The van der Waals surface area contributed by atoms with Crippen molar-refractivity contribution in [1.29, 1.82) is 0 Å². The van der Waals surface area contributed by atoms with E-state index in [0.717, 1.165) is 25.6 Å². The molecule has 0 bridgehead atoms. The van der Waals surface area contributed by atoms with Crippen LogP contribution in [0.4, 0.5) is 0 Å². The third kappa shape index (κ3) is 6.52. The number of aliphatic imine (C=N–C) groups is 1. The Morgan fingerprint density at radius 1 is 1.05 bits per heavy atom. The Morgan fingerprint density at radius 3 is 2.27 bits per heavy atom. The van der Waals surface area contributed by atoms with E-state index in [2.05, 4.69) is 51.7 Å². The smallest absolute Gasteiger partial charge is 0.191 e. The van der Waals surface area contributed by atoms with Gasteiger partial charge in [-0.3, -0.25) is 9.89 Å². The first-order chi connectivity index (χ1) is 10.3. The van der Waals surface area contributed by atoms with Gasteiger partial charge in [0, 0.05) is 26.7 Å². The number of guanidine groups is 1. The summed E-state index contributed by atoms with van der Waals surface area (Å²) < 4.78 is 0. The summed E-state index contributed by atoms with van der Waals surface area (Å²) in [6.45, 7) is 7.36. The van der Waals surface area contributed by atoms with Gasteiger partial charge in [-0.1, -0.05) is 30.7 Å². The molecule has 1 aliphatic heterocycles. The van der Waals surface area contributed by atoms with Crippen molar-refractivity contribution in [3.05, 3.63) is 35.4 Å². The van der Waals surface area contributed by atoms with Crippen LogP contribution in [0.3, 0.4) is 0 Å². The summed E-state index contributed by atoms with van der Waals surface area (Å²) in [6.07, 6.45) is 4.10. The molecule has 4 nitrogen and oxygen atoms in total. The zero-order chi connectivity index (χ0) is 14.9. The van der Waals surface area contributed by atoms with Crippen molar-refractivity contribution in [3.8, 4) is 0 Å². The van der Waals surface area contributed by atoms with E-state index in [1.54, 1.807) is 7.05 Å². The minimum atomic E-state index is 0. The van der Waals surface area contributed by atoms with E-state index in [-0.39, 0.29) is 24.0 Å². The summed E-state index contributed by atoms with van der Waals surface area (Å²) in [4.78, 5) is 6.73. The first kappa shape index (κ1) is 19.2. The number of hydrogen-bond acceptors (Lipinski definition) is 2. The van der Waals surface area contributed by atoms with E-state index >= 15 is 0 Å². The van der Waals surface area contributed by atoms with E-state index in [1.807, 2.05) is 0 Å². The highest BCUT2D eigenvalue weighted by Gasteiger charge is 2.10. The minimum Gasteiger partial charge on any atom is -0.357 e. The maximum absolute atomic E-state index is 4.18. The van der Waals surface area contributed by atoms with Crippen LogP contribution in [0.1, 0.15) is 37.3 Å². The molecule has 0 atom stereocenters. The van der Waals surface area contributed by atoms with Gasteiger partial charge in [-0.15, -0.1) is 24.0 Å². The molecule has 1 saturated heterocycles. The number of piperidine rings is 1. The number of benzene rings is 1. The van der Waals surface area contributed by atoms with Crippen molar-refractivity contribution in [3.63, 3.8) is 0 Å². The fourth-order valence-corrected chi connectivity index (χ4v) is 2.71. The summed E-state index contributed by atoms with van der Waals surface area (Å²) in [5.74, 6) is 0.856. The third-order valence-corrected chi connectivity index (χ3v) is 3.91. The van der Waals surface area contributed by atoms with Crippen LogP contribution in [-0.2, 0) is 13.1 Å². The van der Waals surface area contributed by atoms with Gasteiger partial charge in [-0.2, -0.15) is 0 Å². The number of hydrogen-bond donors (Lipinski definition) is 2. The predicted octanol–water partition coefficient (Wildman–Crippen LogP) is 2.98. The zero-order valence-corrected chi connectivity index (χ0v) is 16.1. The van der Waals surface area contributed by atoms with Gasteiger partial charge in [0.1, 0.15) is 0 Å². The van der Waals surface area contributed by atoms with Crippen molar-refractivity contribution in [2.45, 2.75) is 39.3 Å². The zero-order valence-electron chi connectivity index (χ0n) is 13.8. The van der Waals surface area contributed by atoms with Crippen LogP contribution >= 0.6 is 24.0 Å². The van der Waals surface area contributed by atoms with Gasteiger partial charge in [0.15, 0.2) is 5.96 Å². The second kappa shape index (κ2) is 10.8. The molecular formula is C17H29IN4. The standard InChI is InChI=1S/C17H28N4.HI/c1-3-19-17(18-2)20-13-15-7-9-16(10-8-15)14-21-11-5-4-6-12-21;/h7-10H,3-6,11-14H2,1-2H3,(H2,18,19,20);1H. The van der Waals surface area contributed by atoms with Crippen LogP contribution in [0.25, 0.3) is 0 Å². The Balaban J connectivity index is 0.00000242. The van der Waals surface area contributed by atoms with Crippen LogP contribution in [0.5, 0.6) is 0 Å². The first-order valence-corrected chi connectivity index (χ1v) is 8.06. The van der Waals surface area contributed by atoms with Crippen LogP contribution < -0.4 is 10.6 Å². The molecule has 2 rings (SSSR count). The summed E-state index contributed by atoms with van der Waals surface area (Å²) >= 11 is 0. The van der Waals surface area contributed by atoms with Gasteiger partial charge in [0.05, 0.1) is 0 Å². The molecule has 0 radical (unpaired) electrons. The molecule has 0 aliphatic carbocycles. The molecule has 0 unspecified atom stereocenters. The lowest BCUT2D eigenvalue weighted by Gasteiger charge is -2.26. The highest BCUT2D eigenvalue weighted by Crippen LogP contribution is 2.13. The second-order valence-electron chi connectivity index (χ2n) is 5.61. The van der Waals surface area contributed by atoms with Gasteiger partial charge >= 0.3 is 0 Å². The van der Waals surface area contributed by atoms with Gasteiger partial charge in [0.25, 0.3) is 0 Å². The minimum absolute atomic E-state index is 0. The lowest BCUT2D eigenvalue weighted by atomic mass is 10.1. The largest absolute Gasteiger partial charge is 0.357 e. The average molecular weight is 416 g/mol. The maximum Gasteiger partial charge on any atom is 0.191 e. The number of halogens is 1. The molecule has 1 aliphatic rings. The van der Waals surface area contributed by atoms with Crippen LogP contribution in [-0.4, -0.2) is 37.5 Å². The van der Waals surface area contributed by atoms with Crippen molar-refractivity contribution >= 4 is 29.9 Å². The average Bonchev–Trinajstić information content (AvgIpc) is 2.54. The lowest BCUT2D eigenvalue weighted by Crippen LogP contribution is -2.36. The Morgan fingerprint density at radius 2 is 1.68 bits per heavy atom. The topological polar surface area (TPSA) is 39.7 Å². The van der Waals surface area contributed by atoms with Gasteiger partial charge in [-0.05, 0) is 44.0 Å². The molecule has 0 spiro atoms. The van der Waals surface area contributed by atoms with Crippen LogP contribution in [0.15, 0.2) is 29.3 Å². The van der Waals surface area contributed by atoms with Crippen molar-refractivity contribution in [2.24, 2.45) is 4.99 Å².